The average molecular weight is 453 g/mol. The lowest BCUT2D eigenvalue weighted by Crippen LogP contribution is -2.51. The minimum atomic E-state index is -3.73. The molecule has 0 spiro atoms. The predicted molar refractivity (Wildman–Crippen MR) is 117 cm³/mol. The quantitative estimate of drug-likeness (QED) is 0.697. The maximum absolute atomic E-state index is 12.9. The molecule has 3 rings (SSSR count). The van der Waals surface area contributed by atoms with Gasteiger partial charge in [-0.2, -0.15) is 0 Å². The number of carbonyl (C=O) groups is 1. The molecule has 30 heavy (non-hydrogen) atoms. The van der Waals surface area contributed by atoms with Crippen molar-refractivity contribution in [2.45, 2.75) is 32.4 Å². The summed E-state index contributed by atoms with van der Waals surface area (Å²) in [5, 5.41) is 3.23. The lowest BCUT2D eigenvalue weighted by Gasteiger charge is -2.31. The summed E-state index contributed by atoms with van der Waals surface area (Å²) in [4.78, 5) is 12.9. The first-order chi connectivity index (χ1) is 14.2. The van der Waals surface area contributed by atoms with Crippen LogP contribution in [-0.2, 0) is 14.8 Å². The number of fused-ring (bicyclic) bond motifs is 1. The summed E-state index contributed by atoms with van der Waals surface area (Å²) in [6, 6.07) is 11.3. The molecule has 7 nitrogen and oxygen atoms in total. The Labute approximate surface area is 182 Å². The molecule has 2 aromatic carbocycles. The summed E-state index contributed by atoms with van der Waals surface area (Å²) in [6.45, 7) is 4.06. The molecule has 1 aliphatic heterocycles. The molecule has 0 aliphatic carbocycles. The van der Waals surface area contributed by atoms with Gasteiger partial charge in [-0.15, -0.1) is 0 Å². The summed E-state index contributed by atoms with van der Waals surface area (Å²) in [5.41, 5.74) is 1.17. The maximum Gasteiger partial charge on any atom is 0.244 e. The van der Waals surface area contributed by atoms with Crippen molar-refractivity contribution in [1.82, 2.24) is 5.32 Å². The van der Waals surface area contributed by atoms with Crippen LogP contribution in [0.4, 0.5) is 5.69 Å². The summed E-state index contributed by atoms with van der Waals surface area (Å²) in [7, 11) is -3.73. The highest BCUT2D eigenvalue weighted by molar-refractivity contribution is 7.92. The largest absolute Gasteiger partial charge is 0.486 e. The van der Waals surface area contributed by atoms with Crippen LogP contribution < -0.4 is 19.1 Å². The summed E-state index contributed by atoms with van der Waals surface area (Å²) >= 11 is 6.19. The first-order valence-electron chi connectivity index (χ1n) is 9.62. The molecular weight excluding hydrogens is 428 g/mol. The Bertz CT molecular complexity index is 1030. The standard InChI is InChI=1S/C21H25ClN2O5S/c1-4-18(24(30(3,26)27)15-10-9-14(2)17(22)11-15)21(25)23-12-16-13-28-19-7-5-6-8-20(19)29-16/h5-11,16,18H,4,12-13H2,1-3H3,(H,23,25)/t16-,18-/m1/s1. The van der Waals surface area contributed by atoms with Crippen molar-refractivity contribution in [3.8, 4) is 11.5 Å². The van der Waals surface area contributed by atoms with Gasteiger partial charge in [0.25, 0.3) is 0 Å². The molecule has 0 saturated carbocycles. The molecule has 1 amide bonds. The number of benzene rings is 2. The van der Waals surface area contributed by atoms with E-state index in [2.05, 4.69) is 5.32 Å². The number of amides is 1. The Morgan fingerprint density at radius 1 is 1.27 bits per heavy atom. The van der Waals surface area contributed by atoms with Crippen molar-refractivity contribution in [3.63, 3.8) is 0 Å². The monoisotopic (exact) mass is 452 g/mol. The van der Waals surface area contributed by atoms with Gasteiger partial charge in [-0.25, -0.2) is 8.42 Å². The van der Waals surface area contributed by atoms with Gasteiger partial charge in [0.2, 0.25) is 15.9 Å². The van der Waals surface area contributed by atoms with E-state index in [9.17, 15) is 13.2 Å². The van der Waals surface area contributed by atoms with Gasteiger partial charge in [0, 0.05) is 5.02 Å². The lowest BCUT2D eigenvalue weighted by atomic mass is 10.1. The molecule has 0 radical (unpaired) electrons. The number of rotatable bonds is 7. The molecule has 162 valence electrons. The minimum Gasteiger partial charge on any atom is -0.486 e. The van der Waals surface area contributed by atoms with Gasteiger partial charge in [-0.1, -0.05) is 36.7 Å². The Hall–Kier alpha value is -2.45. The molecule has 2 atom stereocenters. The maximum atomic E-state index is 12.9. The third kappa shape index (κ3) is 4.99. The third-order valence-corrected chi connectivity index (χ3v) is 6.40. The normalized spacial score (nSPS) is 16.6. The smallest absolute Gasteiger partial charge is 0.244 e. The SMILES string of the molecule is CC[C@H](C(=O)NC[C@@H]1COc2ccccc2O1)N(c1ccc(C)c(Cl)c1)S(C)(=O)=O. The second-order valence-electron chi connectivity index (χ2n) is 7.16. The van der Waals surface area contributed by atoms with Gasteiger partial charge in [-0.3, -0.25) is 9.10 Å². The van der Waals surface area contributed by atoms with Gasteiger partial charge < -0.3 is 14.8 Å². The molecule has 2 aromatic rings. The van der Waals surface area contributed by atoms with E-state index < -0.39 is 22.0 Å². The molecule has 0 saturated heterocycles. The lowest BCUT2D eigenvalue weighted by molar-refractivity contribution is -0.122. The van der Waals surface area contributed by atoms with Crippen molar-refractivity contribution in [2.75, 3.05) is 23.7 Å². The number of anilines is 1. The summed E-state index contributed by atoms with van der Waals surface area (Å²) in [6.07, 6.45) is 0.989. The molecule has 1 heterocycles. The Kier molecular flexibility index (Phi) is 6.77. The van der Waals surface area contributed by atoms with Crippen LogP contribution in [0.5, 0.6) is 11.5 Å². The number of para-hydroxylation sites is 2. The fourth-order valence-electron chi connectivity index (χ4n) is 3.28. The molecule has 1 aliphatic rings. The Morgan fingerprint density at radius 3 is 2.60 bits per heavy atom. The molecule has 0 bridgehead atoms. The molecular formula is C21H25ClN2O5S. The van der Waals surface area contributed by atoms with Gasteiger partial charge in [-0.05, 0) is 43.2 Å². The van der Waals surface area contributed by atoms with Gasteiger partial charge in [0.1, 0.15) is 18.8 Å². The van der Waals surface area contributed by atoms with Crippen LogP contribution in [0.2, 0.25) is 5.02 Å². The third-order valence-electron chi connectivity index (χ3n) is 4.81. The van der Waals surface area contributed by atoms with E-state index >= 15 is 0 Å². The number of ether oxygens (including phenoxy) is 2. The number of nitrogens with zero attached hydrogens (tertiary/aromatic N) is 1. The number of carbonyl (C=O) groups excluding carboxylic acids is 1. The fraction of sp³-hybridized carbons (Fsp3) is 0.381. The van der Waals surface area contributed by atoms with Crippen LogP contribution in [0.1, 0.15) is 18.9 Å². The van der Waals surface area contributed by atoms with E-state index in [1.165, 1.54) is 0 Å². The number of sulfonamides is 1. The van der Waals surface area contributed by atoms with E-state index in [0.29, 0.717) is 22.2 Å². The van der Waals surface area contributed by atoms with Gasteiger partial charge in [0.15, 0.2) is 11.5 Å². The van der Waals surface area contributed by atoms with Crippen molar-refractivity contribution in [2.24, 2.45) is 0 Å². The molecule has 9 heteroatoms. The first kappa shape index (κ1) is 22.2. The predicted octanol–water partition coefficient (Wildman–Crippen LogP) is 3.15. The van der Waals surface area contributed by atoms with Crippen LogP contribution in [0, 0.1) is 6.92 Å². The number of hydrogen-bond acceptors (Lipinski definition) is 5. The molecule has 0 unspecified atom stereocenters. The highest BCUT2D eigenvalue weighted by atomic mass is 35.5. The van der Waals surface area contributed by atoms with E-state index in [1.807, 2.05) is 25.1 Å². The van der Waals surface area contributed by atoms with Crippen LogP contribution in [0.15, 0.2) is 42.5 Å². The van der Waals surface area contributed by atoms with E-state index in [-0.39, 0.29) is 25.7 Å². The second kappa shape index (κ2) is 9.14. The number of nitrogens with one attached hydrogen (secondary N) is 1. The van der Waals surface area contributed by atoms with Gasteiger partial charge >= 0.3 is 0 Å². The molecule has 0 aromatic heterocycles. The summed E-state index contributed by atoms with van der Waals surface area (Å²) < 4.78 is 37.7. The zero-order valence-corrected chi connectivity index (χ0v) is 18.7. The minimum absolute atomic E-state index is 0.190. The molecule has 0 fully saturated rings. The molecule has 1 N–H and O–H groups in total. The Morgan fingerprint density at radius 2 is 1.97 bits per heavy atom. The van der Waals surface area contributed by atoms with Crippen molar-refractivity contribution in [1.29, 1.82) is 0 Å². The second-order valence-corrected chi connectivity index (χ2v) is 9.43. The highest BCUT2D eigenvalue weighted by Gasteiger charge is 2.32. The Balaban J connectivity index is 1.74. The topological polar surface area (TPSA) is 84.9 Å². The van der Waals surface area contributed by atoms with Crippen molar-refractivity contribution in [3.05, 3.63) is 53.1 Å². The van der Waals surface area contributed by atoms with E-state index in [4.69, 9.17) is 21.1 Å². The van der Waals surface area contributed by atoms with Crippen molar-refractivity contribution >= 4 is 33.2 Å². The van der Waals surface area contributed by atoms with Crippen LogP contribution in [0.25, 0.3) is 0 Å². The number of hydrogen-bond donors (Lipinski definition) is 1. The van der Waals surface area contributed by atoms with Crippen LogP contribution in [-0.4, -0.2) is 45.9 Å². The number of aryl methyl sites for hydroxylation is 1. The first-order valence-corrected chi connectivity index (χ1v) is 11.8. The van der Waals surface area contributed by atoms with E-state index in [1.54, 1.807) is 31.2 Å². The fourth-order valence-corrected chi connectivity index (χ4v) is 4.65. The highest BCUT2D eigenvalue weighted by Crippen LogP contribution is 2.31. The van der Waals surface area contributed by atoms with Crippen LogP contribution in [0.3, 0.4) is 0 Å². The van der Waals surface area contributed by atoms with Crippen molar-refractivity contribution < 1.29 is 22.7 Å². The van der Waals surface area contributed by atoms with E-state index in [0.717, 1.165) is 16.1 Å². The van der Waals surface area contributed by atoms with Gasteiger partial charge in [0.05, 0.1) is 18.5 Å². The number of halogens is 1. The summed E-state index contributed by atoms with van der Waals surface area (Å²) in [5.74, 6) is 0.857. The van der Waals surface area contributed by atoms with Crippen LogP contribution >= 0.6 is 11.6 Å². The zero-order valence-electron chi connectivity index (χ0n) is 17.1. The average Bonchev–Trinajstić information content (AvgIpc) is 2.71. The zero-order chi connectivity index (χ0) is 21.9.